The summed E-state index contributed by atoms with van der Waals surface area (Å²) in [6, 6.07) is 14.0. The number of nitrogens with zero attached hydrogens (tertiary/aromatic N) is 1. The van der Waals surface area contributed by atoms with Gasteiger partial charge in [0, 0.05) is 22.7 Å². The Labute approximate surface area is 195 Å². The molecule has 0 spiro atoms. The summed E-state index contributed by atoms with van der Waals surface area (Å²) in [5, 5.41) is 0. The Morgan fingerprint density at radius 2 is 1.69 bits per heavy atom. The molecule has 0 saturated carbocycles. The van der Waals surface area contributed by atoms with Crippen LogP contribution in [-0.4, -0.2) is 13.9 Å². The van der Waals surface area contributed by atoms with Gasteiger partial charge in [-0.15, -0.1) is 0 Å². The zero-order valence-corrected chi connectivity index (χ0v) is 20.2. The molecular formula is C30H34BN. The van der Waals surface area contributed by atoms with E-state index >= 15 is 0 Å². The van der Waals surface area contributed by atoms with Gasteiger partial charge in [-0.05, 0) is 68.4 Å². The molecule has 1 unspecified atom stereocenters. The Hall–Kier alpha value is -2.48. The second-order valence-electron chi connectivity index (χ2n) is 10.5. The lowest BCUT2D eigenvalue weighted by atomic mass is 9.75. The highest BCUT2D eigenvalue weighted by molar-refractivity contribution is 6.13. The lowest BCUT2D eigenvalue weighted by Gasteiger charge is -2.41. The van der Waals surface area contributed by atoms with Crippen molar-refractivity contribution in [2.24, 2.45) is 0 Å². The Morgan fingerprint density at radius 1 is 0.969 bits per heavy atom. The Bertz CT molecular complexity index is 1130. The largest absolute Gasteiger partial charge is 0.334 e. The molecule has 162 valence electrons. The fourth-order valence-electron chi connectivity index (χ4n) is 6.48. The summed E-state index contributed by atoms with van der Waals surface area (Å²) in [5.41, 5.74) is 11.3. The van der Waals surface area contributed by atoms with E-state index in [0.29, 0.717) is 12.0 Å². The first kappa shape index (κ1) is 21.4. The molecule has 1 nitrogen and oxygen atoms in total. The molecule has 0 heterocycles. The molecule has 3 aliphatic carbocycles. The normalized spacial score (nSPS) is 25.6. The molecule has 0 aliphatic heterocycles. The van der Waals surface area contributed by atoms with Crippen LogP contribution in [0.15, 0.2) is 72.0 Å². The number of rotatable bonds is 3. The maximum absolute atomic E-state index is 6.39. The standard InChI is InChI=1S/C30H34BN/c1-19-15-20(2)29(21(3)16-19)32(23-10-8-9-22(31)17-23)24-13-14-26-25-11-6-7-12-27(25)30(4,5)28(26)18-24/h6-8,10-12,15-18,22,24,26H,9,13-14H2,1-5H3/t22-,24?,26-/m1/s1. The van der Waals surface area contributed by atoms with Crippen molar-refractivity contribution in [1.29, 1.82) is 0 Å². The molecule has 2 heteroatoms. The third-order valence-electron chi connectivity index (χ3n) is 7.80. The number of aryl methyl sites for hydroxylation is 3. The average Bonchev–Trinajstić information content (AvgIpc) is 2.98. The lowest BCUT2D eigenvalue weighted by Crippen LogP contribution is -2.38. The Balaban J connectivity index is 1.65. The highest BCUT2D eigenvalue weighted by Gasteiger charge is 2.44. The molecule has 0 fully saturated rings. The van der Waals surface area contributed by atoms with Gasteiger partial charge in [-0.2, -0.15) is 0 Å². The summed E-state index contributed by atoms with van der Waals surface area (Å²) in [6.07, 6.45) is 12.6. The van der Waals surface area contributed by atoms with Crippen LogP contribution in [-0.2, 0) is 5.41 Å². The van der Waals surface area contributed by atoms with E-state index in [2.05, 4.69) is 100 Å². The average molecular weight is 419 g/mol. The van der Waals surface area contributed by atoms with Crippen LogP contribution < -0.4 is 4.90 Å². The zero-order valence-electron chi connectivity index (χ0n) is 20.2. The fourth-order valence-corrected chi connectivity index (χ4v) is 6.48. The third-order valence-corrected chi connectivity index (χ3v) is 7.80. The number of hydrogen-bond donors (Lipinski definition) is 0. The van der Waals surface area contributed by atoms with Gasteiger partial charge in [0.15, 0.2) is 0 Å². The summed E-state index contributed by atoms with van der Waals surface area (Å²) in [4.78, 5) is 2.59. The van der Waals surface area contributed by atoms with E-state index in [-0.39, 0.29) is 11.2 Å². The first-order valence-corrected chi connectivity index (χ1v) is 12.1. The summed E-state index contributed by atoms with van der Waals surface area (Å²) in [6.45, 7) is 11.5. The van der Waals surface area contributed by atoms with Gasteiger partial charge in [-0.1, -0.05) is 85.4 Å². The second kappa shape index (κ2) is 7.83. The molecule has 0 N–H and O–H groups in total. The van der Waals surface area contributed by atoms with Crippen molar-refractivity contribution in [3.63, 3.8) is 0 Å². The van der Waals surface area contributed by atoms with E-state index in [1.165, 1.54) is 45.6 Å². The van der Waals surface area contributed by atoms with Crippen LogP contribution in [0.25, 0.3) is 0 Å². The topological polar surface area (TPSA) is 3.24 Å². The minimum Gasteiger partial charge on any atom is -0.334 e. The van der Waals surface area contributed by atoms with Crippen LogP contribution in [0.5, 0.6) is 0 Å². The van der Waals surface area contributed by atoms with Gasteiger partial charge in [-0.25, -0.2) is 0 Å². The highest BCUT2D eigenvalue weighted by Crippen LogP contribution is 2.54. The van der Waals surface area contributed by atoms with Gasteiger partial charge in [-0.3, -0.25) is 0 Å². The number of allylic oxidation sites excluding steroid dienone is 4. The molecule has 3 aliphatic rings. The van der Waals surface area contributed by atoms with E-state index in [9.17, 15) is 0 Å². The second-order valence-corrected chi connectivity index (χ2v) is 10.5. The molecule has 0 aromatic heterocycles. The van der Waals surface area contributed by atoms with Crippen LogP contribution in [0.3, 0.4) is 0 Å². The van der Waals surface area contributed by atoms with Gasteiger partial charge in [0.05, 0.1) is 13.9 Å². The predicted octanol–water partition coefficient (Wildman–Crippen LogP) is 7.38. The van der Waals surface area contributed by atoms with Crippen molar-refractivity contribution >= 4 is 13.5 Å². The zero-order chi connectivity index (χ0) is 22.6. The SMILES string of the molecule is [B][C@H]1C=C(N(c2c(C)cc(C)cc2C)C2C=C3[C@H](CC2)c2ccccc2C3(C)C)C=CC1. The molecule has 2 aromatic carbocycles. The third kappa shape index (κ3) is 3.40. The van der Waals surface area contributed by atoms with Gasteiger partial charge >= 0.3 is 0 Å². The molecule has 0 bridgehead atoms. The number of fused-ring (bicyclic) bond motifs is 3. The molecule has 0 amide bonds. The smallest absolute Gasteiger partial charge is 0.0760 e. The lowest BCUT2D eigenvalue weighted by molar-refractivity contribution is 0.517. The molecule has 32 heavy (non-hydrogen) atoms. The Morgan fingerprint density at radius 3 is 2.41 bits per heavy atom. The fraction of sp³-hybridized carbons (Fsp3) is 0.400. The van der Waals surface area contributed by atoms with Crippen molar-refractivity contribution in [1.82, 2.24) is 0 Å². The van der Waals surface area contributed by atoms with Gasteiger partial charge in [0.25, 0.3) is 0 Å². The van der Waals surface area contributed by atoms with Crippen LogP contribution in [0, 0.1) is 20.8 Å². The molecular weight excluding hydrogens is 385 g/mol. The van der Waals surface area contributed by atoms with Crippen LogP contribution in [0.2, 0.25) is 5.82 Å². The van der Waals surface area contributed by atoms with Crippen molar-refractivity contribution in [2.45, 2.75) is 77.1 Å². The number of hydrogen-bond acceptors (Lipinski definition) is 1. The van der Waals surface area contributed by atoms with Crippen molar-refractivity contribution in [2.75, 3.05) is 4.90 Å². The summed E-state index contributed by atoms with van der Waals surface area (Å²) in [7, 11) is 6.39. The van der Waals surface area contributed by atoms with Crippen molar-refractivity contribution in [3.8, 4) is 0 Å². The van der Waals surface area contributed by atoms with E-state index < -0.39 is 0 Å². The molecule has 2 aromatic rings. The maximum atomic E-state index is 6.39. The van der Waals surface area contributed by atoms with Crippen molar-refractivity contribution < 1.29 is 0 Å². The first-order chi connectivity index (χ1) is 15.3. The summed E-state index contributed by atoms with van der Waals surface area (Å²) in [5.74, 6) is 0.636. The van der Waals surface area contributed by atoms with E-state index in [1.807, 2.05) is 0 Å². The molecule has 0 saturated heterocycles. The van der Waals surface area contributed by atoms with Crippen molar-refractivity contribution in [3.05, 3.63) is 99.8 Å². The number of anilines is 1. The monoisotopic (exact) mass is 419 g/mol. The highest BCUT2D eigenvalue weighted by atomic mass is 15.2. The first-order valence-electron chi connectivity index (χ1n) is 12.1. The maximum Gasteiger partial charge on any atom is 0.0760 e. The summed E-state index contributed by atoms with van der Waals surface area (Å²) < 4.78 is 0. The van der Waals surface area contributed by atoms with Crippen LogP contribution in [0.4, 0.5) is 5.69 Å². The van der Waals surface area contributed by atoms with E-state index in [1.54, 1.807) is 5.57 Å². The quantitative estimate of drug-likeness (QED) is 0.371. The Kier molecular flexibility index (Phi) is 5.23. The molecule has 5 rings (SSSR count). The summed E-state index contributed by atoms with van der Waals surface area (Å²) >= 11 is 0. The minimum absolute atomic E-state index is 0.0795. The van der Waals surface area contributed by atoms with Gasteiger partial charge < -0.3 is 4.90 Å². The molecule has 2 radical (unpaired) electrons. The van der Waals surface area contributed by atoms with Gasteiger partial charge in [0.1, 0.15) is 0 Å². The van der Waals surface area contributed by atoms with E-state index in [0.717, 1.165) is 12.8 Å². The van der Waals surface area contributed by atoms with Gasteiger partial charge in [0.2, 0.25) is 0 Å². The number of benzene rings is 2. The minimum atomic E-state index is 0.0795. The molecule has 3 atom stereocenters. The predicted molar refractivity (Wildman–Crippen MR) is 138 cm³/mol. The van der Waals surface area contributed by atoms with Crippen LogP contribution in [0.1, 0.15) is 66.8 Å². The van der Waals surface area contributed by atoms with E-state index in [4.69, 9.17) is 7.85 Å². The van der Waals surface area contributed by atoms with Crippen LogP contribution >= 0.6 is 0 Å².